The Morgan fingerprint density at radius 3 is 2.95 bits per heavy atom. The van der Waals surface area contributed by atoms with Crippen molar-refractivity contribution in [3.8, 4) is 0 Å². The molecule has 1 heterocycles. The molecule has 1 aromatic heterocycles. The third kappa shape index (κ3) is 3.29. The molecule has 0 aliphatic carbocycles. The van der Waals surface area contributed by atoms with Crippen LogP contribution in [0.3, 0.4) is 0 Å². The lowest BCUT2D eigenvalue weighted by molar-refractivity contribution is 0.0697. The van der Waals surface area contributed by atoms with Crippen molar-refractivity contribution in [1.29, 1.82) is 0 Å². The monoisotopic (exact) mass is 276 g/mol. The number of carbonyl (C=O) groups is 1. The highest BCUT2D eigenvalue weighted by Gasteiger charge is 2.04. The molecular formula is C12H12N4O2S. The van der Waals surface area contributed by atoms with E-state index in [-0.39, 0.29) is 5.56 Å². The maximum atomic E-state index is 10.8. The summed E-state index contributed by atoms with van der Waals surface area (Å²) in [5.74, 6) is -0.493. The molecule has 0 bridgehead atoms. The van der Waals surface area contributed by atoms with Gasteiger partial charge in [-0.2, -0.15) is 5.10 Å². The van der Waals surface area contributed by atoms with Crippen LogP contribution < -0.4 is 11.2 Å². The Morgan fingerprint density at radius 2 is 2.37 bits per heavy atom. The number of benzene rings is 1. The first-order chi connectivity index (χ1) is 9.06. The summed E-state index contributed by atoms with van der Waals surface area (Å²) in [7, 11) is 0. The molecule has 6 nitrogen and oxygen atoms in total. The zero-order valence-corrected chi connectivity index (χ0v) is 10.9. The fraction of sp³-hybridized carbons (Fsp3) is 0.0833. The predicted molar refractivity (Wildman–Crippen MR) is 75.9 cm³/mol. The van der Waals surface area contributed by atoms with E-state index in [1.807, 2.05) is 6.92 Å². The van der Waals surface area contributed by atoms with Crippen LogP contribution in [0.5, 0.6) is 0 Å². The Morgan fingerprint density at radius 1 is 1.58 bits per heavy atom. The highest BCUT2D eigenvalue weighted by molar-refractivity contribution is 7.14. The quantitative estimate of drug-likeness (QED) is 0.587. The molecule has 0 atom stereocenters. The van der Waals surface area contributed by atoms with Crippen LogP contribution in [0.25, 0.3) is 0 Å². The van der Waals surface area contributed by atoms with Crippen LogP contribution in [-0.2, 0) is 0 Å². The van der Waals surface area contributed by atoms with E-state index in [0.29, 0.717) is 10.9 Å². The fourth-order valence-electron chi connectivity index (χ4n) is 1.45. The summed E-state index contributed by atoms with van der Waals surface area (Å²) < 4.78 is 0. The summed E-state index contributed by atoms with van der Waals surface area (Å²) in [5, 5.41) is 15.2. The third-order valence-electron chi connectivity index (χ3n) is 2.40. The molecule has 19 heavy (non-hydrogen) atoms. The second kappa shape index (κ2) is 5.49. The molecule has 0 aliphatic heterocycles. The summed E-state index contributed by atoms with van der Waals surface area (Å²) in [6, 6.07) is 4.85. The average molecular weight is 276 g/mol. The lowest BCUT2D eigenvalue weighted by Gasteiger charge is -2.01. The SMILES string of the molecule is Cc1cc(C(=O)O)ccc1C=NNc1nc(N)cs1. The van der Waals surface area contributed by atoms with E-state index >= 15 is 0 Å². The van der Waals surface area contributed by atoms with Crippen LogP contribution in [0.2, 0.25) is 0 Å². The lowest BCUT2D eigenvalue weighted by atomic mass is 10.1. The number of hydrogen-bond donors (Lipinski definition) is 3. The maximum Gasteiger partial charge on any atom is 0.335 e. The average Bonchev–Trinajstić information content (AvgIpc) is 2.77. The summed E-state index contributed by atoms with van der Waals surface area (Å²) >= 11 is 1.36. The zero-order valence-electron chi connectivity index (χ0n) is 10.1. The number of aryl methyl sites for hydroxylation is 1. The van der Waals surface area contributed by atoms with Gasteiger partial charge in [-0.05, 0) is 30.2 Å². The number of carboxylic acids is 1. The van der Waals surface area contributed by atoms with Crippen LogP contribution in [0.1, 0.15) is 21.5 Å². The van der Waals surface area contributed by atoms with E-state index in [9.17, 15) is 4.79 Å². The maximum absolute atomic E-state index is 10.8. The van der Waals surface area contributed by atoms with Crippen LogP contribution in [0.4, 0.5) is 10.9 Å². The van der Waals surface area contributed by atoms with Gasteiger partial charge in [0.25, 0.3) is 0 Å². The molecule has 7 heteroatoms. The first-order valence-corrected chi connectivity index (χ1v) is 6.28. The van der Waals surface area contributed by atoms with Crippen molar-refractivity contribution < 1.29 is 9.90 Å². The number of nitrogens with zero attached hydrogens (tertiary/aromatic N) is 2. The van der Waals surface area contributed by atoms with Gasteiger partial charge in [0.2, 0.25) is 5.13 Å². The van der Waals surface area contributed by atoms with E-state index in [4.69, 9.17) is 10.8 Å². The van der Waals surface area contributed by atoms with Crippen molar-refractivity contribution in [2.45, 2.75) is 6.92 Å². The Bertz CT molecular complexity index is 636. The molecule has 0 aliphatic rings. The van der Waals surface area contributed by atoms with Crippen molar-refractivity contribution >= 4 is 34.5 Å². The van der Waals surface area contributed by atoms with Crippen LogP contribution in [0, 0.1) is 6.92 Å². The van der Waals surface area contributed by atoms with E-state index in [0.717, 1.165) is 11.1 Å². The van der Waals surface area contributed by atoms with Gasteiger partial charge in [0.05, 0.1) is 11.8 Å². The van der Waals surface area contributed by atoms with E-state index in [1.54, 1.807) is 23.7 Å². The lowest BCUT2D eigenvalue weighted by Crippen LogP contribution is -1.99. The van der Waals surface area contributed by atoms with Gasteiger partial charge in [-0.15, -0.1) is 11.3 Å². The molecule has 2 aromatic rings. The first-order valence-electron chi connectivity index (χ1n) is 5.40. The van der Waals surface area contributed by atoms with Crippen molar-refractivity contribution in [3.63, 3.8) is 0 Å². The second-order valence-electron chi connectivity index (χ2n) is 3.82. The minimum Gasteiger partial charge on any atom is -0.478 e. The normalized spacial score (nSPS) is 10.8. The van der Waals surface area contributed by atoms with Gasteiger partial charge in [0.1, 0.15) is 5.82 Å². The molecule has 0 spiro atoms. The minimum absolute atomic E-state index is 0.260. The molecule has 0 unspecified atom stereocenters. The molecule has 4 N–H and O–H groups in total. The van der Waals surface area contributed by atoms with Gasteiger partial charge < -0.3 is 10.8 Å². The first kappa shape index (κ1) is 13.0. The minimum atomic E-state index is -0.942. The number of hydrogen-bond acceptors (Lipinski definition) is 6. The highest BCUT2D eigenvalue weighted by atomic mass is 32.1. The number of carboxylic acid groups (broad SMARTS) is 1. The Hall–Kier alpha value is -2.41. The van der Waals surface area contributed by atoms with Crippen molar-refractivity contribution in [2.75, 3.05) is 11.2 Å². The van der Waals surface area contributed by atoms with Gasteiger partial charge in [0, 0.05) is 5.38 Å². The number of hydrazone groups is 1. The van der Waals surface area contributed by atoms with Crippen LogP contribution in [-0.4, -0.2) is 22.3 Å². The van der Waals surface area contributed by atoms with E-state index in [1.165, 1.54) is 17.4 Å². The van der Waals surface area contributed by atoms with Gasteiger partial charge >= 0.3 is 5.97 Å². The molecule has 0 amide bonds. The highest BCUT2D eigenvalue weighted by Crippen LogP contribution is 2.16. The molecule has 98 valence electrons. The fourth-order valence-corrected chi connectivity index (χ4v) is 2.00. The summed E-state index contributed by atoms with van der Waals surface area (Å²) in [5.41, 5.74) is 10.2. The molecule has 0 saturated carbocycles. The van der Waals surface area contributed by atoms with Crippen molar-refractivity contribution in [3.05, 3.63) is 40.3 Å². The number of aromatic carboxylic acids is 1. The number of nitrogens with two attached hydrogens (primary N) is 1. The zero-order chi connectivity index (χ0) is 13.8. The van der Waals surface area contributed by atoms with Crippen molar-refractivity contribution in [2.24, 2.45) is 5.10 Å². The molecular weight excluding hydrogens is 264 g/mol. The summed E-state index contributed by atoms with van der Waals surface area (Å²) in [6.45, 7) is 1.83. The molecule has 2 rings (SSSR count). The number of rotatable bonds is 4. The number of aromatic nitrogens is 1. The Balaban J connectivity index is 2.08. The largest absolute Gasteiger partial charge is 0.478 e. The molecule has 0 saturated heterocycles. The number of nitrogens with one attached hydrogen (secondary N) is 1. The number of thiazole rings is 1. The number of anilines is 2. The van der Waals surface area contributed by atoms with Crippen molar-refractivity contribution in [1.82, 2.24) is 4.98 Å². The van der Waals surface area contributed by atoms with Gasteiger partial charge in [0.15, 0.2) is 0 Å². The Labute approximate surface area is 113 Å². The predicted octanol–water partition coefficient (Wildman–Crippen LogP) is 2.18. The van der Waals surface area contributed by atoms with E-state index in [2.05, 4.69) is 15.5 Å². The standard InChI is InChI=1S/C12H12N4O2S/c1-7-4-8(11(17)18)2-3-9(7)5-14-16-12-15-10(13)6-19-12/h2-6H,13H2,1H3,(H,15,16)(H,17,18). The second-order valence-corrected chi connectivity index (χ2v) is 4.68. The van der Waals surface area contributed by atoms with Gasteiger partial charge in [-0.1, -0.05) is 6.07 Å². The summed E-state index contributed by atoms with van der Waals surface area (Å²) in [4.78, 5) is 14.8. The topological polar surface area (TPSA) is 101 Å². The van der Waals surface area contributed by atoms with E-state index < -0.39 is 5.97 Å². The van der Waals surface area contributed by atoms with Gasteiger partial charge in [-0.25, -0.2) is 9.78 Å². The molecule has 0 radical (unpaired) electrons. The summed E-state index contributed by atoms with van der Waals surface area (Å²) in [6.07, 6.45) is 1.61. The molecule has 0 fully saturated rings. The van der Waals surface area contributed by atoms with Crippen LogP contribution in [0.15, 0.2) is 28.7 Å². The van der Waals surface area contributed by atoms with Crippen LogP contribution >= 0.6 is 11.3 Å². The third-order valence-corrected chi connectivity index (χ3v) is 3.17. The number of nitrogen functional groups attached to an aromatic ring is 1. The Kier molecular flexibility index (Phi) is 3.76. The van der Waals surface area contributed by atoms with Gasteiger partial charge in [-0.3, -0.25) is 5.43 Å². The smallest absolute Gasteiger partial charge is 0.335 e. The molecule has 1 aromatic carbocycles.